The van der Waals surface area contributed by atoms with E-state index in [-0.39, 0.29) is 0 Å². The van der Waals surface area contributed by atoms with Gasteiger partial charge in [-0.15, -0.1) is 0 Å². The number of carboxylic acids is 1. The molecule has 0 aliphatic rings. The number of aromatic nitrogens is 3. The molecule has 3 aromatic rings. The molecule has 0 aliphatic carbocycles. The van der Waals surface area contributed by atoms with Gasteiger partial charge < -0.3 is 15.2 Å². The predicted molar refractivity (Wildman–Crippen MR) is 80.1 cm³/mol. The number of nitrogens with one attached hydrogen (secondary N) is 1. The van der Waals surface area contributed by atoms with Crippen LogP contribution in [0.5, 0.6) is 5.75 Å². The van der Waals surface area contributed by atoms with E-state index in [0.29, 0.717) is 16.8 Å². The highest BCUT2D eigenvalue weighted by Gasteiger charge is 2.20. The molecular formula is C15H13N3O4. The van der Waals surface area contributed by atoms with Crippen molar-refractivity contribution in [3.05, 3.63) is 45.9 Å². The molecule has 0 spiro atoms. The highest BCUT2D eigenvalue weighted by molar-refractivity contribution is 5.92. The van der Waals surface area contributed by atoms with E-state index in [9.17, 15) is 14.7 Å². The zero-order chi connectivity index (χ0) is 16.0. The number of carbonyl (C=O) groups is 1. The highest BCUT2D eigenvalue weighted by atomic mass is 16.4. The van der Waals surface area contributed by atoms with Gasteiger partial charge >= 0.3 is 5.97 Å². The van der Waals surface area contributed by atoms with Crippen LogP contribution in [0.2, 0.25) is 0 Å². The van der Waals surface area contributed by atoms with Crippen LogP contribution in [0.4, 0.5) is 0 Å². The predicted octanol–water partition coefficient (Wildman–Crippen LogP) is 1.64. The van der Waals surface area contributed by atoms with Crippen LogP contribution in [0, 0.1) is 6.92 Å². The molecule has 0 aliphatic heterocycles. The summed E-state index contributed by atoms with van der Waals surface area (Å²) in [6.07, 6.45) is 1.72. The van der Waals surface area contributed by atoms with Gasteiger partial charge in [0, 0.05) is 23.6 Å². The van der Waals surface area contributed by atoms with Gasteiger partial charge in [0.25, 0.3) is 5.56 Å². The summed E-state index contributed by atoms with van der Waals surface area (Å²) in [6, 6.07) is 5.44. The van der Waals surface area contributed by atoms with Crippen molar-refractivity contribution < 1.29 is 15.0 Å². The lowest BCUT2D eigenvalue weighted by Crippen LogP contribution is -2.19. The van der Waals surface area contributed by atoms with Gasteiger partial charge in [-0.1, -0.05) is 12.1 Å². The number of pyridine rings is 1. The number of aromatic amines is 1. The van der Waals surface area contributed by atoms with Crippen molar-refractivity contribution in [1.29, 1.82) is 0 Å². The third-order valence-electron chi connectivity index (χ3n) is 3.68. The molecule has 0 amide bonds. The van der Waals surface area contributed by atoms with Gasteiger partial charge in [-0.25, -0.2) is 4.79 Å². The lowest BCUT2D eigenvalue weighted by Gasteiger charge is -2.10. The maximum atomic E-state index is 11.9. The Morgan fingerprint density at radius 1 is 1.36 bits per heavy atom. The number of nitrogens with zero attached hydrogens (tertiary/aromatic N) is 2. The Balaban J connectivity index is 2.29. The van der Waals surface area contributed by atoms with Crippen LogP contribution in [0.3, 0.4) is 0 Å². The first-order valence-corrected chi connectivity index (χ1v) is 6.51. The molecule has 7 heteroatoms. The quantitative estimate of drug-likeness (QED) is 0.666. The first-order valence-electron chi connectivity index (χ1n) is 6.51. The number of aromatic carboxylic acids is 1. The smallest absolute Gasteiger partial charge is 0.345 e. The molecule has 0 fully saturated rings. The molecule has 3 N–H and O–H groups in total. The zero-order valence-corrected chi connectivity index (χ0v) is 11.9. The van der Waals surface area contributed by atoms with Crippen molar-refractivity contribution in [3.63, 3.8) is 0 Å². The van der Waals surface area contributed by atoms with Gasteiger partial charge in [-0.05, 0) is 13.0 Å². The number of H-pyrrole nitrogens is 1. The molecule has 0 saturated heterocycles. The van der Waals surface area contributed by atoms with E-state index in [2.05, 4.69) is 10.1 Å². The van der Waals surface area contributed by atoms with E-state index in [1.807, 2.05) is 12.1 Å². The molecule has 0 radical (unpaired) electrons. The number of hydrogen-bond acceptors (Lipinski definition) is 4. The summed E-state index contributed by atoms with van der Waals surface area (Å²) in [6.45, 7) is 1.56. The largest absolute Gasteiger partial charge is 0.506 e. The Morgan fingerprint density at radius 2 is 2.09 bits per heavy atom. The summed E-state index contributed by atoms with van der Waals surface area (Å²) in [7, 11) is 1.80. The van der Waals surface area contributed by atoms with Crippen molar-refractivity contribution in [1.82, 2.24) is 14.8 Å². The third kappa shape index (κ3) is 1.95. The lowest BCUT2D eigenvalue weighted by atomic mass is 10.0. The van der Waals surface area contributed by atoms with Crippen LogP contribution in [0.15, 0.2) is 29.2 Å². The third-order valence-corrected chi connectivity index (χ3v) is 3.68. The zero-order valence-electron chi connectivity index (χ0n) is 11.9. The fourth-order valence-electron chi connectivity index (χ4n) is 2.47. The summed E-state index contributed by atoms with van der Waals surface area (Å²) in [4.78, 5) is 25.5. The topological polar surface area (TPSA) is 108 Å². The van der Waals surface area contributed by atoms with Gasteiger partial charge in [0.05, 0.1) is 17.4 Å². The molecule has 7 nitrogen and oxygen atoms in total. The fourth-order valence-corrected chi connectivity index (χ4v) is 2.47. The number of carboxylic acid groups (broad SMARTS) is 1. The molecule has 3 rings (SSSR count). The van der Waals surface area contributed by atoms with Crippen LogP contribution in [0.1, 0.15) is 15.9 Å². The summed E-state index contributed by atoms with van der Waals surface area (Å²) in [5, 5.41) is 24.1. The SMILES string of the molecule is Cc1c(-c2ccc3cnn(C)c3c2)[nH]c(=O)c(C(=O)O)c1O. The summed E-state index contributed by atoms with van der Waals surface area (Å²) in [5.41, 5.74) is 0.727. The summed E-state index contributed by atoms with van der Waals surface area (Å²) >= 11 is 0. The average Bonchev–Trinajstić information content (AvgIpc) is 2.83. The molecule has 2 aromatic heterocycles. The minimum atomic E-state index is -1.46. The van der Waals surface area contributed by atoms with E-state index in [1.54, 1.807) is 30.9 Å². The Bertz CT molecular complexity index is 969. The second-order valence-corrected chi connectivity index (χ2v) is 5.02. The number of fused-ring (bicyclic) bond motifs is 1. The van der Waals surface area contributed by atoms with Gasteiger partial charge in [-0.2, -0.15) is 5.10 Å². The molecule has 112 valence electrons. The normalized spacial score (nSPS) is 11.0. The van der Waals surface area contributed by atoms with Gasteiger partial charge in [0.2, 0.25) is 0 Å². The highest BCUT2D eigenvalue weighted by Crippen LogP contribution is 2.30. The molecule has 22 heavy (non-hydrogen) atoms. The van der Waals surface area contributed by atoms with Crippen molar-refractivity contribution in [2.75, 3.05) is 0 Å². The van der Waals surface area contributed by atoms with E-state index >= 15 is 0 Å². The average molecular weight is 299 g/mol. The van der Waals surface area contributed by atoms with E-state index in [4.69, 9.17) is 5.11 Å². The molecule has 0 bridgehead atoms. The van der Waals surface area contributed by atoms with Gasteiger partial charge in [0.15, 0.2) is 5.56 Å². The molecule has 0 saturated carbocycles. The maximum Gasteiger partial charge on any atom is 0.345 e. The van der Waals surface area contributed by atoms with Crippen molar-refractivity contribution in [2.24, 2.45) is 7.05 Å². The second-order valence-electron chi connectivity index (χ2n) is 5.02. The van der Waals surface area contributed by atoms with E-state index in [0.717, 1.165) is 10.9 Å². The van der Waals surface area contributed by atoms with Gasteiger partial charge in [0.1, 0.15) is 5.75 Å². The number of aromatic hydroxyl groups is 1. The molecule has 0 atom stereocenters. The van der Waals surface area contributed by atoms with Crippen molar-refractivity contribution in [3.8, 4) is 17.0 Å². The number of hydrogen-bond donors (Lipinski definition) is 3. The van der Waals surface area contributed by atoms with Crippen LogP contribution < -0.4 is 5.56 Å². The van der Waals surface area contributed by atoms with Crippen molar-refractivity contribution >= 4 is 16.9 Å². The number of rotatable bonds is 2. The second kappa shape index (κ2) is 4.73. The Labute approximate surface area is 124 Å². The fraction of sp³-hybridized carbons (Fsp3) is 0.133. The Hall–Kier alpha value is -3.09. The van der Waals surface area contributed by atoms with Gasteiger partial charge in [-0.3, -0.25) is 9.48 Å². The molecule has 1 aromatic carbocycles. The van der Waals surface area contributed by atoms with Crippen LogP contribution in [-0.4, -0.2) is 30.9 Å². The Morgan fingerprint density at radius 3 is 2.77 bits per heavy atom. The van der Waals surface area contributed by atoms with Crippen LogP contribution in [0.25, 0.3) is 22.2 Å². The van der Waals surface area contributed by atoms with Crippen LogP contribution >= 0.6 is 0 Å². The maximum absolute atomic E-state index is 11.9. The number of benzene rings is 1. The minimum Gasteiger partial charge on any atom is -0.506 e. The molecule has 2 heterocycles. The van der Waals surface area contributed by atoms with E-state index < -0.39 is 22.8 Å². The monoisotopic (exact) mass is 299 g/mol. The lowest BCUT2D eigenvalue weighted by molar-refractivity contribution is 0.0691. The summed E-state index contributed by atoms with van der Waals surface area (Å²) in [5.74, 6) is -1.98. The first kappa shape index (κ1) is 13.9. The Kier molecular flexibility index (Phi) is 2.98. The van der Waals surface area contributed by atoms with E-state index in [1.165, 1.54) is 0 Å². The molecule has 0 unspecified atom stereocenters. The minimum absolute atomic E-state index is 0.304. The van der Waals surface area contributed by atoms with Crippen LogP contribution in [-0.2, 0) is 7.05 Å². The van der Waals surface area contributed by atoms with Crippen molar-refractivity contribution in [2.45, 2.75) is 6.92 Å². The first-order chi connectivity index (χ1) is 10.4. The standard InChI is InChI=1S/C15H13N3O4/c1-7-12(17-14(20)11(13(7)19)15(21)22)8-3-4-9-6-16-18(2)10(9)5-8/h3-6H,1-2H3,(H,21,22)(H2,17,19,20). The number of aryl methyl sites for hydroxylation is 1. The summed E-state index contributed by atoms with van der Waals surface area (Å²) < 4.78 is 1.69. The molecular weight excluding hydrogens is 286 g/mol.